The topological polar surface area (TPSA) is 122 Å². The first-order chi connectivity index (χ1) is 12.5. The molecule has 0 saturated heterocycles. The fourth-order valence-electron chi connectivity index (χ4n) is 2.28. The van der Waals surface area contributed by atoms with Crippen LogP contribution in [0.3, 0.4) is 0 Å². The highest BCUT2D eigenvalue weighted by molar-refractivity contribution is 7.89. The molecule has 0 amide bonds. The van der Waals surface area contributed by atoms with Crippen molar-refractivity contribution in [1.82, 2.24) is 24.2 Å². The Morgan fingerprint density at radius 3 is 2.62 bits per heavy atom. The summed E-state index contributed by atoms with van der Waals surface area (Å²) >= 11 is 0. The monoisotopic (exact) mass is 374 g/mol. The highest BCUT2D eigenvalue weighted by atomic mass is 32.2. The average molecular weight is 374 g/mol. The van der Waals surface area contributed by atoms with Crippen LogP contribution < -0.4 is 10.0 Å². The molecule has 0 spiro atoms. The van der Waals surface area contributed by atoms with Crippen molar-refractivity contribution in [2.24, 2.45) is 7.05 Å². The second kappa shape index (κ2) is 7.60. The lowest BCUT2D eigenvalue weighted by Gasteiger charge is -2.09. The van der Waals surface area contributed by atoms with Crippen LogP contribution in [0, 0.1) is 0 Å². The zero-order chi connectivity index (χ0) is 18.6. The van der Waals surface area contributed by atoms with E-state index in [0.717, 1.165) is 11.4 Å². The number of rotatable bonds is 7. The Balaban J connectivity index is 1.77. The van der Waals surface area contributed by atoms with E-state index in [1.54, 1.807) is 36.9 Å². The fourth-order valence-corrected chi connectivity index (χ4v) is 3.30. The van der Waals surface area contributed by atoms with Crippen LogP contribution in [-0.2, 0) is 17.1 Å². The molecular weight excluding hydrogens is 356 g/mol. The van der Waals surface area contributed by atoms with E-state index in [4.69, 9.17) is 5.11 Å². The Morgan fingerprint density at radius 1 is 1.19 bits per heavy atom. The largest absolute Gasteiger partial charge is 0.395 e. The lowest BCUT2D eigenvalue weighted by atomic mass is 10.3. The molecule has 3 N–H and O–H groups in total. The molecule has 0 aliphatic rings. The van der Waals surface area contributed by atoms with Crippen molar-refractivity contribution in [2.45, 2.75) is 4.90 Å². The Morgan fingerprint density at radius 2 is 1.96 bits per heavy atom. The van der Waals surface area contributed by atoms with Gasteiger partial charge in [0.05, 0.1) is 35.4 Å². The number of imidazole rings is 1. The van der Waals surface area contributed by atoms with Crippen LogP contribution in [0.4, 0.5) is 11.6 Å². The van der Waals surface area contributed by atoms with Crippen molar-refractivity contribution in [2.75, 3.05) is 18.5 Å². The van der Waals surface area contributed by atoms with E-state index in [-0.39, 0.29) is 18.0 Å². The van der Waals surface area contributed by atoms with Crippen molar-refractivity contribution in [3.63, 3.8) is 0 Å². The van der Waals surface area contributed by atoms with Crippen LogP contribution in [0.25, 0.3) is 11.4 Å². The number of aromatic nitrogens is 4. The number of aliphatic hydroxyl groups is 1. The normalized spacial score (nSPS) is 11.5. The summed E-state index contributed by atoms with van der Waals surface area (Å²) in [7, 11) is -1.76. The number of aryl methyl sites for hydroxylation is 1. The minimum absolute atomic E-state index is 0.0308. The quantitative estimate of drug-likeness (QED) is 0.561. The Hall–Kier alpha value is -2.82. The van der Waals surface area contributed by atoms with Gasteiger partial charge in [-0.25, -0.2) is 28.1 Å². The highest BCUT2D eigenvalue weighted by Crippen LogP contribution is 2.20. The van der Waals surface area contributed by atoms with Crippen LogP contribution in [0.2, 0.25) is 0 Å². The van der Waals surface area contributed by atoms with Gasteiger partial charge in [-0.2, -0.15) is 0 Å². The minimum Gasteiger partial charge on any atom is -0.395 e. The third-order valence-corrected chi connectivity index (χ3v) is 5.04. The van der Waals surface area contributed by atoms with Crippen molar-refractivity contribution in [1.29, 1.82) is 0 Å². The zero-order valence-electron chi connectivity index (χ0n) is 14.0. The summed E-state index contributed by atoms with van der Waals surface area (Å²) in [6.07, 6.45) is 5.04. The first kappa shape index (κ1) is 18.0. The number of hydrogen-bond donors (Lipinski definition) is 3. The lowest BCUT2D eigenvalue weighted by Crippen LogP contribution is -2.26. The molecule has 0 aliphatic heterocycles. The molecule has 0 atom stereocenters. The summed E-state index contributed by atoms with van der Waals surface area (Å²) in [5, 5.41) is 11.8. The van der Waals surface area contributed by atoms with Crippen LogP contribution in [-0.4, -0.2) is 46.2 Å². The number of sulfonamides is 1. The molecule has 136 valence electrons. The Bertz CT molecular complexity index is 985. The number of benzene rings is 1. The van der Waals surface area contributed by atoms with Gasteiger partial charge in [0.2, 0.25) is 16.0 Å². The molecular formula is C16H18N6O3S. The van der Waals surface area contributed by atoms with Gasteiger partial charge in [0.1, 0.15) is 0 Å². The maximum absolute atomic E-state index is 12.0. The summed E-state index contributed by atoms with van der Waals surface area (Å²) in [6, 6.07) is 7.95. The van der Waals surface area contributed by atoms with Crippen LogP contribution >= 0.6 is 0 Å². The van der Waals surface area contributed by atoms with Crippen LogP contribution in [0.5, 0.6) is 0 Å². The molecule has 0 unspecified atom stereocenters. The minimum atomic E-state index is -3.63. The van der Waals surface area contributed by atoms with Crippen molar-refractivity contribution in [3.8, 4) is 11.4 Å². The highest BCUT2D eigenvalue weighted by Gasteiger charge is 2.13. The molecule has 1 aromatic carbocycles. The van der Waals surface area contributed by atoms with Gasteiger partial charge in [0.15, 0.2) is 0 Å². The molecule has 2 aromatic heterocycles. The van der Waals surface area contributed by atoms with Gasteiger partial charge in [-0.15, -0.1) is 0 Å². The van der Waals surface area contributed by atoms with Crippen LogP contribution in [0.15, 0.2) is 53.9 Å². The number of nitrogens with one attached hydrogen (secondary N) is 2. The standard InChI is InChI=1S/C16H18N6O3S/c1-22-11-17-10-15(22)14-6-7-18-16(21-14)20-12-2-4-13(5-3-12)26(24,25)19-8-9-23/h2-7,10-11,19,23H,8-9H2,1H3,(H,18,20,21). The second-order valence-electron chi connectivity index (χ2n) is 5.43. The molecule has 0 radical (unpaired) electrons. The van der Waals surface area contributed by atoms with Gasteiger partial charge >= 0.3 is 0 Å². The fraction of sp³-hybridized carbons (Fsp3) is 0.188. The molecule has 0 bridgehead atoms. The summed E-state index contributed by atoms with van der Waals surface area (Å²) in [5.74, 6) is 0.387. The summed E-state index contributed by atoms with van der Waals surface area (Å²) in [6.45, 7) is -0.291. The second-order valence-corrected chi connectivity index (χ2v) is 7.19. The summed E-state index contributed by atoms with van der Waals surface area (Å²) in [4.78, 5) is 12.8. The first-order valence-electron chi connectivity index (χ1n) is 7.77. The molecule has 10 heteroatoms. The SMILES string of the molecule is Cn1cncc1-c1ccnc(Nc2ccc(S(=O)(=O)NCCO)cc2)n1. The van der Waals surface area contributed by atoms with E-state index < -0.39 is 10.0 Å². The molecule has 26 heavy (non-hydrogen) atoms. The molecule has 0 saturated carbocycles. The smallest absolute Gasteiger partial charge is 0.240 e. The summed E-state index contributed by atoms with van der Waals surface area (Å²) in [5.41, 5.74) is 2.22. The van der Waals surface area contributed by atoms with Crippen molar-refractivity contribution < 1.29 is 13.5 Å². The molecule has 3 rings (SSSR count). The van der Waals surface area contributed by atoms with Gasteiger partial charge in [-0.1, -0.05) is 0 Å². The van der Waals surface area contributed by atoms with E-state index in [2.05, 4.69) is 25.0 Å². The molecule has 9 nitrogen and oxygen atoms in total. The third kappa shape index (κ3) is 4.04. The molecule has 0 fully saturated rings. The van der Waals surface area contributed by atoms with Crippen molar-refractivity contribution in [3.05, 3.63) is 49.1 Å². The van der Waals surface area contributed by atoms with E-state index >= 15 is 0 Å². The van der Waals surface area contributed by atoms with Gasteiger partial charge in [-0.05, 0) is 30.3 Å². The average Bonchev–Trinajstić information content (AvgIpc) is 3.07. The first-order valence-corrected chi connectivity index (χ1v) is 9.25. The summed E-state index contributed by atoms with van der Waals surface area (Å²) < 4.78 is 28.1. The number of anilines is 2. The van der Waals surface area contributed by atoms with Gasteiger partial charge in [-0.3, -0.25) is 0 Å². The van der Waals surface area contributed by atoms with Crippen LogP contribution in [0.1, 0.15) is 0 Å². The van der Waals surface area contributed by atoms with E-state index in [1.165, 1.54) is 12.1 Å². The Labute approximate surface area is 150 Å². The maximum atomic E-state index is 12.0. The Kier molecular flexibility index (Phi) is 5.26. The molecule has 3 aromatic rings. The van der Waals surface area contributed by atoms with Gasteiger partial charge in [0.25, 0.3) is 0 Å². The van der Waals surface area contributed by atoms with E-state index in [1.807, 2.05) is 11.6 Å². The van der Waals surface area contributed by atoms with Crippen molar-refractivity contribution >= 4 is 21.7 Å². The van der Waals surface area contributed by atoms with Gasteiger partial charge < -0.3 is 15.0 Å². The maximum Gasteiger partial charge on any atom is 0.240 e. The van der Waals surface area contributed by atoms with Gasteiger partial charge in [0, 0.05) is 25.5 Å². The molecule has 0 aliphatic carbocycles. The predicted molar refractivity (Wildman–Crippen MR) is 96.2 cm³/mol. The van der Waals surface area contributed by atoms with E-state index in [0.29, 0.717) is 11.6 Å². The zero-order valence-corrected chi connectivity index (χ0v) is 14.8. The third-order valence-electron chi connectivity index (χ3n) is 3.56. The lowest BCUT2D eigenvalue weighted by molar-refractivity contribution is 0.301. The predicted octanol–water partition coefficient (Wildman–Crippen LogP) is 0.891. The molecule has 2 heterocycles. The number of aliphatic hydroxyl groups excluding tert-OH is 1. The van der Waals surface area contributed by atoms with E-state index in [9.17, 15) is 8.42 Å². The number of hydrogen-bond acceptors (Lipinski definition) is 7. The number of nitrogens with zero attached hydrogens (tertiary/aromatic N) is 4.